The first-order valence-corrected chi connectivity index (χ1v) is 10.1. The third-order valence-electron chi connectivity index (χ3n) is 5.23. The van der Waals surface area contributed by atoms with Gasteiger partial charge in [0, 0.05) is 28.3 Å². The minimum Gasteiger partial charge on any atom is -0.508 e. The molecule has 0 aliphatic carbocycles. The van der Waals surface area contributed by atoms with Crippen molar-refractivity contribution in [2.75, 3.05) is 7.11 Å². The van der Waals surface area contributed by atoms with Gasteiger partial charge in [-0.05, 0) is 30.5 Å². The first kappa shape index (κ1) is 25.8. The van der Waals surface area contributed by atoms with E-state index in [-0.39, 0.29) is 11.5 Å². The van der Waals surface area contributed by atoms with Gasteiger partial charge in [-0.25, -0.2) is 14.1 Å². The first-order chi connectivity index (χ1) is 17.0. The van der Waals surface area contributed by atoms with Gasteiger partial charge in [0.25, 0.3) is 0 Å². The van der Waals surface area contributed by atoms with Crippen molar-refractivity contribution in [2.45, 2.75) is 18.9 Å². The summed E-state index contributed by atoms with van der Waals surface area (Å²) >= 11 is 0. The van der Waals surface area contributed by atoms with E-state index in [0.717, 1.165) is 7.11 Å². The highest BCUT2D eigenvalue weighted by molar-refractivity contribution is 5.91. The van der Waals surface area contributed by atoms with Gasteiger partial charge >= 0.3 is 5.97 Å². The number of aromatic hydroxyl groups is 7. The second-order valence-corrected chi connectivity index (χ2v) is 7.50. The molecule has 0 aromatic heterocycles. The number of benzene rings is 3. The van der Waals surface area contributed by atoms with Crippen LogP contribution >= 0.6 is 0 Å². The lowest BCUT2D eigenvalue weighted by Crippen LogP contribution is -2.15. The van der Waals surface area contributed by atoms with Gasteiger partial charge in [-0.3, -0.25) is 0 Å². The summed E-state index contributed by atoms with van der Waals surface area (Å²) in [7, 11) is 1.00. The molecule has 11 nitrogen and oxygen atoms in total. The van der Waals surface area contributed by atoms with Gasteiger partial charge in [-0.1, -0.05) is 0 Å². The molecular weight excluding hydrogens is 490 g/mol. The van der Waals surface area contributed by atoms with Crippen molar-refractivity contribution in [3.8, 4) is 51.7 Å². The zero-order valence-electron chi connectivity index (χ0n) is 18.4. The molecule has 0 spiro atoms. The molecule has 0 amide bonds. The van der Waals surface area contributed by atoms with Crippen LogP contribution < -0.4 is 9.47 Å². The van der Waals surface area contributed by atoms with E-state index in [9.17, 15) is 39.2 Å². The molecule has 0 radical (unpaired) electrons. The Labute approximate surface area is 201 Å². The Hall–Kier alpha value is -4.81. The average molecular weight is 510 g/mol. The minimum atomic E-state index is -1.64. The summed E-state index contributed by atoms with van der Waals surface area (Å²) in [5, 5.41) is 65.9. The highest BCUT2D eigenvalue weighted by Gasteiger charge is 2.26. The third kappa shape index (κ3) is 4.99. The molecule has 4 rings (SSSR count). The van der Waals surface area contributed by atoms with Gasteiger partial charge < -0.3 is 45.2 Å². The molecule has 0 saturated carbocycles. The SMILES string of the molecule is COc1c(O)c(O)cc(C(=O)OF)c1F.Oc1cc(O)c2c(c1)OC(c1cc(O)c(O)c(O)c1)CC2. The van der Waals surface area contributed by atoms with Gasteiger partial charge in [-0.2, -0.15) is 0 Å². The van der Waals surface area contributed by atoms with Crippen LogP contribution in [0.5, 0.6) is 51.7 Å². The van der Waals surface area contributed by atoms with Crippen molar-refractivity contribution in [3.63, 3.8) is 0 Å². The van der Waals surface area contributed by atoms with Crippen LogP contribution in [0.1, 0.15) is 34.0 Å². The van der Waals surface area contributed by atoms with E-state index in [1.54, 1.807) is 0 Å². The summed E-state index contributed by atoms with van der Waals surface area (Å²) in [5.41, 5.74) is 0.220. The molecule has 1 heterocycles. The predicted molar refractivity (Wildman–Crippen MR) is 116 cm³/mol. The molecule has 1 aliphatic rings. The fourth-order valence-corrected chi connectivity index (χ4v) is 3.49. The topological polar surface area (TPSA) is 186 Å². The lowest BCUT2D eigenvalue weighted by molar-refractivity contribution is -0.0792. The van der Waals surface area contributed by atoms with Crippen LogP contribution in [0.25, 0.3) is 0 Å². The number of ether oxygens (including phenoxy) is 2. The molecular formula is C23H20F2O11. The molecule has 0 bridgehead atoms. The van der Waals surface area contributed by atoms with Crippen molar-refractivity contribution < 1.29 is 63.9 Å². The molecule has 3 aromatic carbocycles. The summed E-state index contributed by atoms with van der Waals surface area (Å²) in [5.74, 6) is -6.66. The van der Waals surface area contributed by atoms with E-state index in [1.165, 1.54) is 24.3 Å². The molecule has 1 atom stereocenters. The van der Waals surface area contributed by atoms with Gasteiger partial charge in [0.2, 0.25) is 11.5 Å². The fraction of sp³-hybridized carbons (Fsp3) is 0.174. The molecule has 192 valence electrons. The number of hydrogen-bond donors (Lipinski definition) is 7. The summed E-state index contributed by atoms with van der Waals surface area (Å²) in [6.07, 6.45) is 0.583. The number of phenols is 7. The number of carbonyl (C=O) groups is 1. The molecule has 0 saturated heterocycles. The number of rotatable bonds is 3. The molecule has 3 aromatic rings. The number of hydrogen-bond acceptors (Lipinski definition) is 11. The van der Waals surface area contributed by atoms with Crippen molar-refractivity contribution in [1.29, 1.82) is 0 Å². The normalized spacial score (nSPS) is 14.0. The van der Waals surface area contributed by atoms with Crippen LogP contribution in [0.15, 0.2) is 30.3 Å². The Kier molecular flexibility index (Phi) is 7.32. The summed E-state index contributed by atoms with van der Waals surface area (Å²) < 4.78 is 34.9. The molecule has 0 fully saturated rings. The Morgan fingerprint density at radius 2 is 1.53 bits per heavy atom. The third-order valence-corrected chi connectivity index (χ3v) is 5.23. The van der Waals surface area contributed by atoms with E-state index in [1.807, 2.05) is 0 Å². The van der Waals surface area contributed by atoms with Gasteiger partial charge in [0.05, 0.1) is 7.11 Å². The average Bonchev–Trinajstić information content (AvgIpc) is 2.84. The molecule has 13 heteroatoms. The Morgan fingerprint density at radius 1 is 0.917 bits per heavy atom. The summed E-state index contributed by atoms with van der Waals surface area (Å²) in [6.45, 7) is 0. The van der Waals surface area contributed by atoms with Gasteiger partial charge in [0.15, 0.2) is 28.8 Å². The van der Waals surface area contributed by atoms with Crippen LogP contribution in [0.4, 0.5) is 8.92 Å². The minimum absolute atomic E-state index is 0.0279. The number of carbonyl (C=O) groups excluding carboxylic acids is 1. The Balaban J connectivity index is 0.000000214. The van der Waals surface area contributed by atoms with Crippen LogP contribution in [0.3, 0.4) is 0 Å². The predicted octanol–water partition coefficient (Wildman–Crippen LogP) is 3.57. The molecule has 1 aliphatic heterocycles. The van der Waals surface area contributed by atoms with E-state index < -0.39 is 58.0 Å². The maximum absolute atomic E-state index is 13.3. The van der Waals surface area contributed by atoms with Crippen LogP contribution in [-0.4, -0.2) is 48.8 Å². The number of phenolic OH excluding ortho intramolecular Hbond substituents is 7. The van der Waals surface area contributed by atoms with Crippen molar-refractivity contribution in [3.05, 3.63) is 52.8 Å². The van der Waals surface area contributed by atoms with Gasteiger partial charge in [-0.15, -0.1) is 0 Å². The first-order valence-electron chi connectivity index (χ1n) is 10.1. The quantitative estimate of drug-likeness (QED) is 0.255. The van der Waals surface area contributed by atoms with E-state index >= 15 is 0 Å². The lowest BCUT2D eigenvalue weighted by Gasteiger charge is -2.27. The second-order valence-electron chi connectivity index (χ2n) is 7.50. The van der Waals surface area contributed by atoms with Gasteiger partial charge in [0.1, 0.15) is 28.9 Å². The van der Waals surface area contributed by atoms with Crippen molar-refractivity contribution >= 4 is 5.97 Å². The number of halogens is 2. The molecule has 1 unspecified atom stereocenters. The van der Waals surface area contributed by atoms with Crippen LogP contribution in [-0.2, 0) is 11.4 Å². The highest BCUT2D eigenvalue weighted by atomic mass is 19.3. The zero-order chi connectivity index (χ0) is 26.7. The molecule has 7 N–H and O–H groups in total. The standard InChI is InChI=1S/C15H14O6.C8H6F2O5/c16-8-5-10(17)9-1-2-13(21-14(9)6-8)7-3-11(18)15(20)12(19)4-7;1-14-7-5(9)3(8(13)15-10)2-4(11)6(7)12/h3-6,13,16-20H,1-2H2;2,11-12H,1H3. The maximum Gasteiger partial charge on any atom is 0.382 e. The highest BCUT2D eigenvalue weighted by Crippen LogP contribution is 2.44. The Bertz CT molecular complexity index is 1290. The van der Waals surface area contributed by atoms with E-state index in [4.69, 9.17) is 14.9 Å². The monoisotopic (exact) mass is 510 g/mol. The maximum atomic E-state index is 13.3. The van der Waals surface area contributed by atoms with Crippen LogP contribution in [0.2, 0.25) is 0 Å². The fourth-order valence-electron chi connectivity index (χ4n) is 3.49. The number of methoxy groups -OCH3 is 1. The van der Waals surface area contributed by atoms with E-state index in [2.05, 4.69) is 9.68 Å². The molecule has 36 heavy (non-hydrogen) atoms. The van der Waals surface area contributed by atoms with E-state index in [0.29, 0.717) is 35.8 Å². The lowest BCUT2D eigenvalue weighted by atomic mass is 9.96. The Morgan fingerprint density at radius 3 is 2.11 bits per heavy atom. The summed E-state index contributed by atoms with van der Waals surface area (Å²) in [6, 6.07) is 5.80. The van der Waals surface area contributed by atoms with Crippen molar-refractivity contribution in [1.82, 2.24) is 0 Å². The largest absolute Gasteiger partial charge is 0.508 e. The summed E-state index contributed by atoms with van der Waals surface area (Å²) in [4.78, 5) is 13.5. The van der Waals surface area contributed by atoms with Crippen LogP contribution in [0, 0.1) is 5.82 Å². The second kappa shape index (κ2) is 10.2. The smallest absolute Gasteiger partial charge is 0.382 e. The van der Waals surface area contributed by atoms with Crippen molar-refractivity contribution in [2.24, 2.45) is 0 Å². The zero-order valence-corrected chi connectivity index (χ0v) is 18.4. The number of fused-ring (bicyclic) bond motifs is 1.